The van der Waals surface area contributed by atoms with E-state index in [0.29, 0.717) is 16.6 Å². The fraction of sp³-hybridized carbons (Fsp3) is 0.0500. The number of hydrogen-bond acceptors (Lipinski definition) is 4. The maximum Gasteiger partial charge on any atom is 0.257 e. The van der Waals surface area contributed by atoms with Gasteiger partial charge >= 0.3 is 0 Å². The van der Waals surface area contributed by atoms with Crippen molar-refractivity contribution in [3.63, 3.8) is 0 Å². The zero-order chi connectivity index (χ0) is 19.7. The molecule has 28 heavy (non-hydrogen) atoms. The third-order valence-corrected chi connectivity index (χ3v) is 5.07. The fourth-order valence-corrected chi connectivity index (χ4v) is 3.73. The number of halogens is 2. The number of thiazole rings is 1. The van der Waals surface area contributed by atoms with Crippen LogP contribution in [0, 0.1) is 11.6 Å². The van der Waals surface area contributed by atoms with E-state index in [9.17, 15) is 13.6 Å². The Hall–Kier alpha value is -3.39. The van der Waals surface area contributed by atoms with Crippen LogP contribution in [-0.4, -0.2) is 20.4 Å². The minimum atomic E-state index is -1.08. The molecule has 0 fully saturated rings. The predicted octanol–water partition coefficient (Wildman–Crippen LogP) is 4.74. The maximum atomic E-state index is 13.4. The van der Waals surface area contributed by atoms with E-state index in [1.165, 1.54) is 17.4 Å². The van der Waals surface area contributed by atoms with Crippen molar-refractivity contribution in [3.8, 4) is 22.0 Å². The minimum Gasteiger partial charge on any atom is -0.333 e. The Morgan fingerprint density at radius 2 is 1.89 bits per heavy atom. The van der Waals surface area contributed by atoms with Gasteiger partial charge in [-0.25, -0.2) is 18.7 Å². The monoisotopic (exact) mass is 396 g/mol. The number of benzene rings is 2. The molecule has 0 saturated heterocycles. The summed E-state index contributed by atoms with van der Waals surface area (Å²) >= 11 is 1.26. The molecule has 0 radical (unpaired) electrons. The number of aryl methyl sites for hydroxylation is 1. The van der Waals surface area contributed by atoms with Gasteiger partial charge in [-0.05, 0) is 18.2 Å². The zero-order valence-electron chi connectivity index (χ0n) is 14.7. The molecule has 0 spiro atoms. The first-order valence-electron chi connectivity index (χ1n) is 8.33. The van der Waals surface area contributed by atoms with Gasteiger partial charge in [0.25, 0.3) is 5.91 Å². The van der Waals surface area contributed by atoms with Crippen LogP contribution in [0.15, 0.2) is 60.9 Å². The summed E-state index contributed by atoms with van der Waals surface area (Å²) in [6, 6.07) is 12.5. The highest BCUT2D eigenvalue weighted by molar-refractivity contribution is 7.19. The van der Waals surface area contributed by atoms with E-state index in [4.69, 9.17) is 0 Å². The van der Waals surface area contributed by atoms with Gasteiger partial charge in [-0.1, -0.05) is 41.7 Å². The quantitative estimate of drug-likeness (QED) is 0.542. The molecule has 0 unspecified atom stereocenters. The first-order valence-corrected chi connectivity index (χ1v) is 9.15. The zero-order valence-corrected chi connectivity index (χ0v) is 15.5. The lowest BCUT2D eigenvalue weighted by molar-refractivity contribution is 0.102. The molecule has 5 nitrogen and oxygen atoms in total. The van der Waals surface area contributed by atoms with Crippen LogP contribution in [0.5, 0.6) is 0 Å². The summed E-state index contributed by atoms with van der Waals surface area (Å²) < 4.78 is 28.4. The Bertz CT molecular complexity index is 1150. The van der Waals surface area contributed by atoms with Crippen LogP contribution < -0.4 is 5.32 Å². The van der Waals surface area contributed by atoms with Crippen molar-refractivity contribution >= 4 is 22.4 Å². The topological polar surface area (TPSA) is 59.8 Å². The van der Waals surface area contributed by atoms with Crippen LogP contribution in [0.25, 0.3) is 22.0 Å². The SMILES string of the molecule is Cn1ccnc1-c1sc(NC(=O)c2ccc(F)c(F)c2)nc1-c1ccccc1. The highest BCUT2D eigenvalue weighted by Gasteiger charge is 2.20. The van der Waals surface area contributed by atoms with Crippen molar-refractivity contribution in [3.05, 3.63) is 78.1 Å². The predicted molar refractivity (Wildman–Crippen MR) is 104 cm³/mol. The van der Waals surface area contributed by atoms with Gasteiger partial charge < -0.3 is 4.57 Å². The molecule has 2 heterocycles. The third-order valence-electron chi connectivity index (χ3n) is 4.10. The average molecular weight is 396 g/mol. The molecule has 1 amide bonds. The second-order valence-electron chi connectivity index (χ2n) is 6.01. The van der Waals surface area contributed by atoms with Crippen molar-refractivity contribution in [2.24, 2.45) is 7.05 Å². The molecule has 4 rings (SSSR count). The molecule has 8 heteroatoms. The van der Waals surface area contributed by atoms with E-state index in [2.05, 4.69) is 15.3 Å². The first-order chi connectivity index (χ1) is 13.5. The molecule has 2 aromatic heterocycles. The molecule has 0 aliphatic heterocycles. The maximum absolute atomic E-state index is 13.4. The van der Waals surface area contributed by atoms with Gasteiger partial charge in [0.2, 0.25) is 0 Å². The van der Waals surface area contributed by atoms with Crippen molar-refractivity contribution in [1.82, 2.24) is 14.5 Å². The highest BCUT2D eigenvalue weighted by Crippen LogP contribution is 2.38. The molecular weight excluding hydrogens is 382 g/mol. The Kier molecular flexibility index (Phi) is 4.70. The summed E-state index contributed by atoms with van der Waals surface area (Å²) in [6.07, 6.45) is 3.51. The van der Waals surface area contributed by atoms with E-state index >= 15 is 0 Å². The van der Waals surface area contributed by atoms with E-state index in [-0.39, 0.29) is 5.56 Å². The van der Waals surface area contributed by atoms with Gasteiger partial charge in [0.1, 0.15) is 0 Å². The number of amides is 1. The normalized spacial score (nSPS) is 10.8. The van der Waals surface area contributed by atoms with Crippen molar-refractivity contribution in [1.29, 1.82) is 0 Å². The summed E-state index contributed by atoms with van der Waals surface area (Å²) in [6.45, 7) is 0. The Labute approximate surface area is 163 Å². The Morgan fingerprint density at radius 3 is 2.57 bits per heavy atom. The number of nitrogens with one attached hydrogen (secondary N) is 1. The molecular formula is C20H14F2N4OS. The van der Waals surface area contributed by atoms with Gasteiger partial charge in [0.15, 0.2) is 22.6 Å². The Balaban J connectivity index is 1.72. The van der Waals surface area contributed by atoms with E-state index in [0.717, 1.165) is 22.6 Å². The van der Waals surface area contributed by atoms with Crippen LogP contribution in [0.2, 0.25) is 0 Å². The second kappa shape index (κ2) is 7.32. The molecule has 140 valence electrons. The van der Waals surface area contributed by atoms with Gasteiger partial charge in [0.05, 0.1) is 10.6 Å². The van der Waals surface area contributed by atoms with Crippen molar-refractivity contribution < 1.29 is 13.6 Å². The number of carbonyl (C=O) groups is 1. The van der Waals surface area contributed by atoms with Gasteiger partial charge in [0, 0.05) is 30.6 Å². The lowest BCUT2D eigenvalue weighted by atomic mass is 10.1. The van der Waals surface area contributed by atoms with Gasteiger partial charge in [-0.3, -0.25) is 10.1 Å². The lowest BCUT2D eigenvalue weighted by Gasteiger charge is -2.02. The molecule has 0 aliphatic carbocycles. The molecule has 0 aliphatic rings. The number of aromatic nitrogens is 3. The van der Waals surface area contributed by atoms with Crippen LogP contribution in [-0.2, 0) is 7.05 Å². The van der Waals surface area contributed by atoms with Crippen LogP contribution in [0.1, 0.15) is 10.4 Å². The summed E-state index contributed by atoms with van der Waals surface area (Å²) in [5.74, 6) is -1.94. The first kappa shape index (κ1) is 18.0. The largest absolute Gasteiger partial charge is 0.333 e. The van der Waals surface area contributed by atoms with Crippen LogP contribution in [0.4, 0.5) is 13.9 Å². The number of carbonyl (C=O) groups excluding carboxylic acids is 1. The molecule has 0 saturated carbocycles. The third kappa shape index (κ3) is 3.41. The van der Waals surface area contributed by atoms with Crippen LogP contribution >= 0.6 is 11.3 Å². The summed E-state index contributed by atoms with van der Waals surface area (Å²) in [7, 11) is 1.87. The number of hydrogen-bond donors (Lipinski definition) is 1. The van der Waals surface area contributed by atoms with Gasteiger partial charge in [-0.15, -0.1) is 0 Å². The van der Waals surface area contributed by atoms with Crippen LogP contribution in [0.3, 0.4) is 0 Å². The van der Waals surface area contributed by atoms with E-state index in [1.807, 2.05) is 48.1 Å². The molecule has 0 bridgehead atoms. The molecule has 2 aromatic carbocycles. The van der Waals surface area contributed by atoms with Crippen molar-refractivity contribution in [2.45, 2.75) is 0 Å². The smallest absolute Gasteiger partial charge is 0.257 e. The second-order valence-corrected chi connectivity index (χ2v) is 7.01. The number of anilines is 1. The summed E-state index contributed by atoms with van der Waals surface area (Å²) in [5.41, 5.74) is 1.57. The standard InChI is InChI=1S/C20H14F2N4OS/c1-26-10-9-23-18(26)17-16(12-5-3-2-4-6-12)24-20(28-17)25-19(27)13-7-8-14(21)15(22)11-13/h2-11H,1H3,(H,24,25,27). The lowest BCUT2D eigenvalue weighted by Crippen LogP contribution is -2.12. The summed E-state index contributed by atoms with van der Waals surface area (Å²) in [4.78, 5) is 22.1. The Morgan fingerprint density at radius 1 is 1.11 bits per heavy atom. The molecule has 0 atom stereocenters. The van der Waals surface area contributed by atoms with E-state index < -0.39 is 17.5 Å². The number of imidazole rings is 1. The minimum absolute atomic E-state index is 0.00824. The highest BCUT2D eigenvalue weighted by atomic mass is 32.1. The molecule has 4 aromatic rings. The number of nitrogens with zero attached hydrogens (tertiary/aromatic N) is 3. The average Bonchev–Trinajstić information content (AvgIpc) is 3.30. The fourth-order valence-electron chi connectivity index (χ4n) is 2.71. The molecule has 1 N–H and O–H groups in total. The van der Waals surface area contributed by atoms with E-state index in [1.54, 1.807) is 6.20 Å². The summed E-state index contributed by atoms with van der Waals surface area (Å²) in [5, 5.41) is 3.00. The van der Waals surface area contributed by atoms with Crippen molar-refractivity contribution in [2.75, 3.05) is 5.32 Å². The number of rotatable bonds is 4. The van der Waals surface area contributed by atoms with Gasteiger partial charge in [-0.2, -0.15) is 0 Å².